The van der Waals surface area contributed by atoms with Crippen molar-refractivity contribution in [3.63, 3.8) is 0 Å². The monoisotopic (exact) mass is 434 g/mol. The summed E-state index contributed by atoms with van der Waals surface area (Å²) < 4.78 is 12.6. The van der Waals surface area contributed by atoms with Gasteiger partial charge in [-0.05, 0) is 75.4 Å². The molecule has 1 heterocycles. The Kier molecular flexibility index (Phi) is 7.28. The van der Waals surface area contributed by atoms with Gasteiger partial charge >= 0.3 is 11.8 Å². The summed E-state index contributed by atoms with van der Waals surface area (Å²) in [5.41, 5.74) is 6.52. The first-order chi connectivity index (χ1) is 15.4. The molecule has 3 aromatic rings. The average Bonchev–Trinajstić information content (AvgIpc) is 3.08. The molecule has 2 aromatic carbocycles. The minimum atomic E-state index is -0.864. The topological polar surface area (TPSA) is 94.0 Å². The molecular weight excluding hydrogens is 408 g/mol. The maximum absolute atomic E-state index is 12.1. The van der Waals surface area contributed by atoms with Crippen molar-refractivity contribution < 1.29 is 19.1 Å². The van der Waals surface area contributed by atoms with Gasteiger partial charge in [0, 0.05) is 28.3 Å². The first kappa shape index (κ1) is 22.6. The number of aromatic nitrogens is 1. The van der Waals surface area contributed by atoms with E-state index in [9.17, 15) is 9.59 Å². The molecule has 0 spiro atoms. The van der Waals surface area contributed by atoms with Crippen LogP contribution in [-0.4, -0.2) is 36.3 Å². The van der Waals surface area contributed by atoms with Gasteiger partial charge in [0.2, 0.25) is 0 Å². The van der Waals surface area contributed by atoms with Gasteiger partial charge in [0.05, 0.1) is 19.9 Å². The van der Waals surface area contributed by atoms with Gasteiger partial charge in [0.25, 0.3) is 0 Å². The number of anilines is 1. The van der Waals surface area contributed by atoms with Crippen molar-refractivity contribution in [3.8, 4) is 17.2 Å². The van der Waals surface area contributed by atoms with Crippen molar-refractivity contribution in [3.05, 3.63) is 71.5 Å². The molecule has 0 unspecified atom stereocenters. The molecule has 2 amide bonds. The number of hydrogen-bond acceptors (Lipinski definition) is 5. The number of hydrogen-bond donors (Lipinski definition) is 2. The zero-order valence-electron chi connectivity index (χ0n) is 18.5. The minimum Gasteiger partial charge on any atom is -0.497 e. The van der Waals surface area contributed by atoms with Crippen molar-refractivity contribution in [2.24, 2.45) is 5.10 Å². The summed E-state index contributed by atoms with van der Waals surface area (Å²) in [5.74, 6) is -0.208. The van der Waals surface area contributed by atoms with Crippen LogP contribution in [0, 0.1) is 13.8 Å². The highest BCUT2D eigenvalue weighted by molar-refractivity contribution is 6.39. The third-order valence-corrected chi connectivity index (χ3v) is 4.80. The number of aryl methyl sites for hydroxylation is 1. The van der Waals surface area contributed by atoms with Gasteiger partial charge < -0.3 is 19.4 Å². The molecule has 0 saturated carbocycles. The van der Waals surface area contributed by atoms with Gasteiger partial charge in [0.1, 0.15) is 11.5 Å². The predicted octanol–water partition coefficient (Wildman–Crippen LogP) is 3.59. The fraction of sp³-hybridized carbons (Fsp3) is 0.208. The maximum atomic E-state index is 12.1. The van der Waals surface area contributed by atoms with Crippen molar-refractivity contribution in [1.82, 2.24) is 9.99 Å². The molecule has 0 radical (unpaired) electrons. The molecule has 0 aliphatic rings. The average molecular weight is 434 g/mol. The third kappa shape index (κ3) is 5.34. The Morgan fingerprint density at radius 2 is 1.66 bits per heavy atom. The lowest BCUT2D eigenvalue weighted by Gasteiger charge is -2.10. The van der Waals surface area contributed by atoms with Gasteiger partial charge in [-0.1, -0.05) is 0 Å². The Labute approximate surface area is 186 Å². The van der Waals surface area contributed by atoms with Crippen LogP contribution in [-0.2, 0) is 9.59 Å². The lowest BCUT2D eigenvalue weighted by Crippen LogP contribution is -2.32. The molecule has 166 valence electrons. The first-order valence-corrected chi connectivity index (χ1v) is 10.1. The van der Waals surface area contributed by atoms with E-state index in [0.29, 0.717) is 18.0 Å². The van der Waals surface area contributed by atoms with Gasteiger partial charge in [-0.3, -0.25) is 9.59 Å². The van der Waals surface area contributed by atoms with E-state index in [4.69, 9.17) is 9.47 Å². The fourth-order valence-electron chi connectivity index (χ4n) is 3.25. The van der Waals surface area contributed by atoms with Crippen LogP contribution in [0.5, 0.6) is 11.5 Å². The normalized spacial score (nSPS) is 10.8. The molecule has 2 N–H and O–H groups in total. The van der Waals surface area contributed by atoms with Gasteiger partial charge in [-0.2, -0.15) is 5.10 Å². The Morgan fingerprint density at radius 3 is 2.28 bits per heavy atom. The highest BCUT2D eigenvalue weighted by Crippen LogP contribution is 2.22. The van der Waals surface area contributed by atoms with E-state index < -0.39 is 11.8 Å². The number of rotatable bonds is 7. The molecule has 0 atom stereocenters. The largest absolute Gasteiger partial charge is 0.497 e. The summed E-state index contributed by atoms with van der Waals surface area (Å²) in [6, 6.07) is 16.4. The number of hydrazone groups is 1. The van der Waals surface area contributed by atoms with Crippen LogP contribution in [0.15, 0.2) is 59.7 Å². The minimum absolute atomic E-state index is 0.480. The van der Waals surface area contributed by atoms with E-state index in [1.165, 1.54) is 6.21 Å². The van der Waals surface area contributed by atoms with Crippen LogP contribution in [0.3, 0.4) is 0 Å². The molecule has 1 aromatic heterocycles. The lowest BCUT2D eigenvalue weighted by molar-refractivity contribution is -0.136. The summed E-state index contributed by atoms with van der Waals surface area (Å²) in [4.78, 5) is 24.1. The highest BCUT2D eigenvalue weighted by Gasteiger charge is 2.14. The summed E-state index contributed by atoms with van der Waals surface area (Å²) in [6.07, 6.45) is 1.52. The van der Waals surface area contributed by atoms with E-state index >= 15 is 0 Å². The standard InChI is InChI=1S/C24H26N4O4/c1-5-32-22-12-8-20(9-13-22)28-16(2)14-18(17(28)3)15-25-27-24(30)23(29)26-19-6-10-21(31-4)11-7-19/h6-15H,5H2,1-4H3,(H,26,29)(H,27,30)/b25-15-. The van der Waals surface area contributed by atoms with Crippen LogP contribution >= 0.6 is 0 Å². The van der Waals surface area contributed by atoms with Crippen LogP contribution in [0.2, 0.25) is 0 Å². The number of methoxy groups -OCH3 is 1. The number of carbonyl (C=O) groups is 2. The Hall–Kier alpha value is -4.07. The number of nitrogens with one attached hydrogen (secondary N) is 2. The number of nitrogens with zero attached hydrogens (tertiary/aromatic N) is 2. The van der Waals surface area contributed by atoms with E-state index in [1.54, 1.807) is 31.4 Å². The quantitative estimate of drug-likeness (QED) is 0.338. The molecule has 0 aliphatic heterocycles. The van der Waals surface area contributed by atoms with E-state index in [0.717, 1.165) is 28.4 Å². The second-order valence-corrected chi connectivity index (χ2v) is 6.97. The van der Waals surface area contributed by atoms with E-state index in [2.05, 4.69) is 20.4 Å². The molecule has 8 heteroatoms. The van der Waals surface area contributed by atoms with Crippen LogP contribution in [0.1, 0.15) is 23.9 Å². The van der Waals surface area contributed by atoms with E-state index in [1.807, 2.05) is 51.1 Å². The molecule has 0 bridgehead atoms. The van der Waals surface area contributed by atoms with Crippen molar-refractivity contribution in [2.75, 3.05) is 19.0 Å². The summed E-state index contributed by atoms with van der Waals surface area (Å²) >= 11 is 0. The smallest absolute Gasteiger partial charge is 0.329 e. The van der Waals surface area contributed by atoms with Crippen LogP contribution in [0.25, 0.3) is 5.69 Å². The summed E-state index contributed by atoms with van der Waals surface area (Å²) in [5, 5.41) is 6.45. The molecule has 0 fully saturated rings. The second-order valence-electron chi connectivity index (χ2n) is 6.97. The Bertz CT molecular complexity index is 1120. The lowest BCUT2D eigenvalue weighted by atomic mass is 10.2. The highest BCUT2D eigenvalue weighted by atomic mass is 16.5. The van der Waals surface area contributed by atoms with Gasteiger partial charge in [0.15, 0.2) is 0 Å². The SMILES string of the molecule is CCOc1ccc(-n2c(C)cc(/C=N\NC(=O)C(=O)Nc3ccc(OC)cc3)c2C)cc1. The molecular formula is C24H26N4O4. The molecule has 0 saturated heterocycles. The molecule has 8 nitrogen and oxygen atoms in total. The van der Waals surface area contributed by atoms with Crippen molar-refractivity contribution in [1.29, 1.82) is 0 Å². The number of carbonyl (C=O) groups excluding carboxylic acids is 2. The van der Waals surface area contributed by atoms with Crippen molar-refractivity contribution >= 4 is 23.7 Å². The molecule has 3 rings (SSSR count). The number of benzene rings is 2. The predicted molar refractivity (Wildman–Crippen MR) is 124 cm³/mol. The summed E-state index contributed by atoms with van der Waals surface area (Å²) in [7, 11) is 1.55. The molecule has 32 heavy (non-hydrogen) atoms. The summed E-state index contributed by atoms with van der Waals surface area (Å²) in [6.45, 7) is 6.51. The molecule has 0 aliphatic carbocycles. The Balaban J connectivity index is 1.64. The fourth-order valence-corrected chi connectivity index (χ4v) is 3.25. The Morgan fingerprint density at radius 1 is 1.00 bits per heavy atom. The van der Waals surface area contributed by atoms with Gasteiger partial charge in [-0.25, -0.2) is 5.43 Å². The second kappa shape index (κ2) is 10.3. The van der Waals surface area contributed by atoms with Crippen molar-refractivity contribution in [2.45, 2.75) is 20.8 Å². The van der Waals surface area contributed by atoms with Crippen LogP contribution < -0.4 is 20.2 Å². The van der Waals surface area contributed by atoms with E-state index in [-0.39, 0.29) is 0 Å². The maximum Gasteiger partial charge on any atom is 0.329 e. The first-order valence-electron chi connectivity index (χ1n) is 10.1. The zero-order chi connectivity index (χ0) is 23.1. The number of ether oxygens (including phenoxy) is 2. The zero-order valence-corrected chi connectivity index (χ0v) is 18.5. The number of amides is 2. The van der Waals surface area contributed by atoms with Gasteiger partial charge in [-0.15, -0.1) is 0 Å². The third-order valence-electron chi connectivity index (χ3n) is 4.80. The van der Waals surface area contributed by atoms with Crippen LogP contribution in [0.4, 0.5) is 5.69 Å².